The lowest BCUT2D eigenvalue weighted by Crippen LogP contribution is -1.76. The maximum Gasteiger partial charge on any atom is -0.0282 e. The lowest BCUT2D eigenvalue weighted by molar-refractivity contribution is 1.35. The Morgan fingerprint density at radius 1 is 1.10 bits per heavy atom. The van der Waals surface area contributed by atoms with Gasteiger partial charge in [0.15, 0.2) is 0 Å². The fraction of sp³-hybridized carbons (Fsp3) is 0.300. The molecule has 0 atom stereocenters. The highest BCUT2D eigenvalue weighted by atomic mass is 13.9. The van der Waals surface area contributed by atoms with Crippen molar-refractivity contribution in [3.05, 3.63) is 42.4 Å². The lowest BCUT2D eigenvalue weighted by Gasteiger charge is -1.96. The molecule has 0 aromatic heterocycles. The Bertz CT molecular complexity index is 176. The summed E-state index contributed by atoms with van der Waals surface area (Å²) < 4.78 is 0. The van der Waals surface area contributed by atoms with Gasteiger partial charge in [0.25, 0.3) is 0 Å². The van der Waals surface area contributed by atoms with Crippen LogP contribution in [0.1, 0.15) is 20.8 Å². The summed E-state index contributed by atoms with van der Waals surface area (Å²) in [4.78, 5) is 0. The van der Waals surface area contributed by atoms with Crippen LogP contribution in [0.4, 0.5) is 0 Å². The topological polar surface area (TPSA) is 0 Å². The van der Waals surface area contributed by atoms with Crippen LogP contribution in [0.2, 0.25) is 0 Å². The molecule has 0 aromatic rings. The standard InChI is InChI=1S/C10H15/c1-6-9(4)10(5)7-8(2)3/h6-7H,1-2H2,3-5H3/b8-7+,10-9-. The van der Waals surface area contributed by atoms with Crippen molar-refractivity contribution >= 4 is 0 Å². The van der Waals surface area contributed by atoms with Gasteiger partial charge in [-0.15, -0.1) is 0 Å². The summed E-state index contributed by atoms with van der Waals surface area (Å²) in [6.07, 6.45) is 3.91. The van der Waals surface area contributed by atoms with E-state index in [1.54, 1.807) is 0 Å². The molecule has 0 aliphatic carbocycles. The Hall–Kier alpha value is -0.780. The van der Waals surface area contributed by atoms with E-state index < -0.39 is 0 Å². The van der Waals surface area contributed by atoms with Crippen molar-refractivity contribution in [2.24, 2.45) is 0 Å². The highest BCUT2D eigenvalue weighted by Crippen LogP contribution is 2.07. The van der Waals surface area contributed by atoms with Crippen LogP contribution >= 0.6 is 0 Å². The molecule has 0 fully saturated rings. The Morgan fingerprint density at radius 2 is 1.60 bits per heavy atom. The quantitative estimate of drug-likeness (QED) is 0.510. The van der Waals surface area contributed by atoms with Crippen molar-refractivity contribution in [3.63, 3.8) is 0 Å². The van der Waals surface area contributed by atoms with Gasteiger partial charge in [0.1, 0.15) is 0 Å². The Balaban J connectivity index is 4.48. The molecule has 0 aliphatic heterocycles. The second kappa shape index (κ2) is 4.10. The first-order valence-electron chi connectivity index (χ1n) is 3.38. The van der Waals surface area contributed by atoms with Crippen LogP contribution in [-0.2, 0) is 0 Å². The number of hydrogen-bond donors (Lipinski definition) is 0. The molecule has 0 heterocycles. The molecule has 0 aliphatic rings. The molecule has 0 saturated heterocycles. The van der Waals surface area contributed by atoms with Crippen LogP contribution in [0.5, 0.6) is 0 Å². The average Bonchev–Trinajstić information content (AvgIpc) is 1.85. The van der Waals surface area contributed by atoms with Crippen molar-refractivity contribution in [3.8, 4) is 0 Å². The maximum absolute atomic E-state index is 3.79. The van der Waals surface area contributed by atoms with Gasteiger partial charge >= 0.3 is 0 Å². The normalized spacial score (nSPS) is 14.6. The predicted molar refractivity (Wildman–Crippen MR) is 47.7 cm³/mol. The van der Waals surface area contributed by atoms with Gasteiger partial charge in [-0.25, -0.2) is 0 Å². The van der Waals surface area contributed by atoms with E-state index in [1.807, 2.05) is 19.9 Å². The minimum absolute atomic E-state index is 1.08. The first-order chi connectivity index (χ1) is 4.57. The fourth-order valence-corrected chi connectivity index (χ4v) is 0.644. The summed E-state index contributed by atoms with van der Waals surface area (Å²) in [7, 11) is 0. The van der Waals surface area contributed by atoms with Gasteiger partial charge < -0.3 is 0 Å². The molecule has 55 valence electrons. The number of hydrogen-bond acceptors (Lipinski definition) is 0. The fourth-order valence-electron chi connectivity index (χ4n) is 0.644. The minimum atomic E-state index is 1.08. The van der Waals surface area contributed by atoms with Gasteiger partial charge in [-0.3, -0.25) is 0 Å². The van der Waals surface area contributed by atoms with Crippen LogP contribution in [-0.4, -0.2) is 0 Å². The summed E-state index contributed by atoms with van der Waals surface area (Å²) in [6, 6.07) is 0. The summed E-state index contributed by atoms with van der Waals surface area (Å²) in [5, 5.41) is 0. The van der Waals surface area contributed by atoms with Crippen molar-refractivity contribution < 1.29 is 0 Å². The van der Waals surface area contributed by atoms with Gasteiger partial charge in [0, 0.05) is 0 Å². The third kappa shape index (κ3) is 3.29. The van der Waals surface area contributed by atoms with Crippen molar-refractivity contribution in [1.29, 1.82) is 0 Å². The molecule has 0 bridgehead atoms. The van der Waals surface area contributed by atoms with Crippen molar-refractivity contribution in [2.75, 3.05) is 0 Å². The smallest absolute Gasteiger partial charge is 0.0282 e. The third-order valence-corrected chi connectivity index (χ3v) is 1.39. The molecule has 0 nitrogen and oxygen atoms in total. The van der Waals surface area contributed by atoms with E-state index in [1.165, 1.54) is 11.1 Å². The lowest BCUT2D eigenvalue weighted by atomic mass is 10.1. The van der Waals surface area contributed by atoms with Crippen molar-refractivity contribution in [2.45, 2.75) is 20.8 Å². The predicted octanol–water partition coefficient (Wildman–Crippen LogP) is 3.29. The monoisotopic (exact) mass is 135 g/mol. The van der Waals surface area contributed by atoms with Gasteiger partial charge in [0.05, 0.1) is 0 Å². The minimum Gasteiger partial charge on any atom is -0.0988 e. The maximum atomic E-state index is 3.79. The molecule has 0 N–H and O–H groups in total. The zero-order chi connectivity index (χ0) is 8.15. The SMILES string of the molecule is [CH2]/C(C)=C\C(C)=C(\C)C=C. The van der Waals surface area contributed by atoms with E-state index in [0.717, 1.165) is 5.57 Å². The largest absolute Gasteiger partial charge is 0.0988 e. The number of allylic oxidation sites excluding steroid dienone is 5. The summed E-state index contributed by atoms with van der Waals surface area (Å²) in [6.45, 7) is 13.6. The van der Waals surface area contributed by atoms with Gasteiger partial charge in [-0.1, -0.05) is 24.3 Å². The molecule has 0 rings (SSSR count). The van der Waals surface area contributed by atoms with E-state index in [0.29, 0.717) is 0 Å². The van der Waals surface area contributed by atoms with Crippen LogP contribution in [0, 0.1) is 6.92 Å². The summed E-state index contributed by atoms with van der Waals surface area (Å²) in [5.41, 5.74) is 3.53. The van der Waals surface area contributed by atoms with E-state index >= 15 is 0 Å². The van der Waals surface area contributed by atoms with E-state index in [-0.39, 0.29) is 0 Å². The van der Waals surface area contributed by atoms with Gasteiger partial charge in [-0.05, 0) is 38.8 Å². The highest BCUT2D eigenvalue weighted by molar-refractivity contribution is 5.31. The Labute approximate surface area is 64.0 Å². The first-order valence-corrected chi connectivity index (χ1v) is 3.38. The van der Waals surface area contributed by atoms with Crippen LogP contribution < -0.4 is 0 Å². The molecule has 0 unspecified atom stereocenters. The Kier molecular flexibility index (Phi) is 3.78. The van der Waals surface area contributed by atoms with Crippen molar-refractivity contribution in [1.82, 2.24) is 0 Å². The van der Waals surface area contributed by atoms with E-state index in [2.05, 4.69) is 26.5 Å². The van der Waals surface area contributed by atoms with Crippen LogP contribution in [0.15, 0.2) is 35.5 Å². The molecule has 10 heavy (non-hydrogen) atoms. The Morgan fingerprint density at radius 3 is 1.90 bits per heavy atom. The van der Waals surface area contributed by atoms with Gasteiger partial charge in [-0.2, -0.15) is 0 Å². The second-order valence-corrected chi connectivity index (χ2v) is 2.56. The van der Waals surface area contributed by atoms with Crippen LogP contribution in [0.25, 0.3) is 0 Å². The zero-order valence-corrected chi connectivity index (χ0v) is 7.07. The average molecular weight is 135 g/mol. The first kappa shape index (κ1) is 9.22. The molecule has 0 heteroatoms. The molecule has 1 radical (unpaired) electrons. The zero-order valence-electron chi connectivity index (χ0n) is 7.07. The highest BCUT2D eigenvalue weighted by Gasteiger charge is 1.86. The second-order valence-electron chi connectivity index (χ2n) is 2.56. The van der Waals surface area contributed by atoms with Crippen LogP contribution in [0.3, 0.4) is 0 Å². The van der Waals surface area contributed by atoms with E-state index in [4.69, 9.17) is 0 Å². The molecule has 0 spiro atoms. The third-order valence-electron chi connectivity index (χ3n) is 1.39. The molecular formula is C10H15. The summed E-state index contributed by atoms with van der Waals surface area (Å²) >= 11 is 0. The molecule has 0 amide bonds. The molecule has 0 saturated carbocycles. The molecule has 0 aromatic carbocycles. The number of rotatable bonds is 2. The molecular weight excluding hydrogens is 120 g/mol. The van der Waals surface area contributed by atoms with E-state index in [9.17, 15) is 0 Å². The summed E-state index contributed by atoms with van der Waals surface area (Å²) in [5.74, 6) is 0. The van der Waals surface area contributed by atoms with Gasteiger partial charge in [0.2, 0.25) is 0 Å².